The number of methoxy groups -OCH3 is 1. The molecule has 1 aromatic rings. The summed E-state index contributed by atoms with van der Waals surface area (Å²) in [5.74, 6) is 0.0948. The number of likely N-dealkylation sites (N-methyl/N-ethyl adjacent to an activating group) is 1. The Morgan fingerprint density at radius 3 is 2.59 bits per heavy atom. The third-order valence-electron chi connectivity index (χ3n) is 4.14. The Bertz CT molecular complexity index is 475. The Hall–Kier alpha value is -1.43. The molecule has 0 spiro atoms. The van der Waals surface area contributed by atoms with Gasteiger partial charge in [-0.25, -0.2) is 0 Å². The average molecular weight is 305 g/mol. The fourth-order valence-corrected chi connectivity index (χ4v) is 2.77. The van der Waals surface area contributed by atoms with E-state index < -0.39 is 0 Å². The molecule has 0 saturated carbocycles. The summed E-state index contributed by atoms with van der Waals surface area (Å²) >= 11 is 0. The Balaban J connectivity index is 1.75. The molecule has 2 rings (SSSR count). The van der Waals surface area contributed by atoms with E-state index >= 15 is 0 Å². The highest BCUT2D eigenvalue weighted by atomic mass is 16.5. The molecule has 22 heavy (non-hydrogen) atoms. The molecule has 1 saturated heterocycles. The van der Waals surface area contributed by atoms with E-state index in [1.807, 2.05) is 24.3 Å². The summed E-state index contributed by atoms with van der Waals surface area (Å²) in [6, 6.07) is 8.57. The summed E-state index contributed by atoms with van der Waals surface area (Å²) < 4.78 is 5.09. The molecular weight excluding hydrogens is 278 g/mol. The van der Waals surface area contributed by atoms with Gasteiger partial charge in [0.25, 0.3) is 0 Å². The lowest BCUT2D eigenvalue weighted by molar-refractivity contribution is -0.123. The molecule has 5 heteroatoms. The first-order valence-corrected chi connectivity index (χ1v) is 7.84. The second-order valence-corrected chi connectivity index (χ2v) is 6.11. The number of carbonyl (C=O) groups is 1. The minimum absolute atomic E-state index is 0.0948. The molecule has 1 N–H and O–H groups in total. The van der Waals surface area contributed by atoms with Crippen molar-refractivity contribution >= 4 is 5.91 Å². The number of rotatable bonds is 6. The summed E-state index contributed by atoms with van der Waals surface area (Å²) in [5.41, 5.74) is 2.25. The predicted octanol–water partition coefficient (Wildman–Crippen LogP) is 1.09. The lowest BCUT2D eigenvalue weighted by Crippen LogP contribution is -2.53. The van der Waals surface area contributed by atoms with Gasteiger partial charge in [0.2, 0.25) is 5.91 Å². The average Bonchev–Trinajstić information content (AvgIpc) is 2.50. The largest absolute Gasteiger partial charge is 0.380 e. The van der Waals surface area contributed by atoms with Crippen molar-refractivity contribution in [2.24, 2.45) is 0 Å². The van der Waals surface area contributed by atoms with Crippen LogP contribution in [0.1, 0.15) is 18.1 Å². The monoisotopic (exact) mass is 305 g/mol. The number of piperazine rings is 1. The minimum atomic E-state index is 0.0948. The molecule has 122 valence electrons. The molecule has 0 aromatic heterocycles. The van der Waals surface area contributed by atoms with E-state index in [0.717, 1.165) is 30.8 Å². The zero-order valence-corrected chi connectivity index (χ0v) is 13.8. The van der Waals surface area contributed by atoms with Gasteiger partial charge in [0.15, 0.2) is 0 Å². The van der Waals surface area contributed by atoms with E-state index in [1.165, 1.54) is 0 Å². The molecule has 0 radical (unpaired) electrons. The van der Waals surface area contributed by atoms with Crippen LogP contribution in [0.2, 0.25) is 0 Å². The van der Waals surface area contributed by atoms with E-state index in [2.05, 4.69) is 29.1 Å². The van der Waals surface area contributed by atoms with Crippen LogP contribution in [0.5, 0.6) is 0 Å². The maximum Gasteiger partial charge on any atom is 0.234 e. The Labute approximate surface area is 133 Å². The quantitative estimate of drug-likeness (QED) is 0.854. The summed E-state index contributed by atoms with van der Waals surface area (Å²) in [5, 5.41) is 3.00. The van der Waals surface area contributed by atoms with Gasteiger partial charge in [-0.05, 0) is 25.1 Å². The minimum Gasteiger partial charge on any atom is -0.380 e. The van der Waals surface area contributed by atoms with Gasteiger partial charge in [-0.2, -0.15) is 0 Å². The first-order valence-electron chi connectivity index (χ1n) is 7.84. The van der Waals surface area contributed by atoms with Gasteiger partial charge in [0, 0.05) is 39.3 Å². The van der Waals surface area contributed by atoms with Gasteiger partial charge in [-0.1, -0.05) is 24.3 Å². The molecular formula is C17H27N3O2. The summed E-state index contributed by atoms with van der Waals surface area (Å²) in [7, 11) is 3.81. The maximum atomic E-state index is 12.1. The second kappa shape index (κ2) is 8.27. The van der Waals surface area contributed by atoms with Crippen molar-refractivity contribution in [3.63, 3.8) is 0 Å². The predicted molar refractivity (Wildman–Crippen MR) is 87.5 cm³/mol. The topological polar surface area (TPSA) is 44.8 Å². The van der Waals surface area contributed by atoms with Crippen molar-refractivity contribution in [3.8, 4) is 0 Å². The number of benzene rings is 1. The third-order valence-corrected chi connectivity index (χ3v) is 4.14. The summed E-state index contributed by atoms with van der Waals surface area (Å²) in [6.45, 7) is 6.86. The SMILES string of the molecule is COCc1ccc(CNC(=O)CN2CCN(C)CC2C)cc1. The van der Waals surface area contributed by atoms with Gasteiger partial charge < -0.3 is 15.0 Å². The Morgan fingerprint density at radius 1 is 1.27 bits per heavy atom. The number of nitrogens with zero attached hydrogens (tertiary/aromatic N) is 2. The smallest absolute Gasteiger partial charge is 0.234 e. The number of carbonyl (C=O) groups excluding carboxylic acids is 1. The number of hydrogen-bond donors (Lipinski definition) is 1. The number of nitrogens with one attached hydrogen (secondary N) is 1. The standard InChI is InChI=1S/C17H27N3O2/c1-14-11-19(2)8-9-20(14)12-17(21)18-10-15-4-6-16(7-5-15)13-22-3/h4-7,14H,8-13H2,1-3H3,(H,18,21). The van der Waals surface area contributed by atoms with E-state index in [1.54, 1.807) is 7.11 Å². The third kappa shape index (κ3) is 5.09. The van der Waals surface area contributed by atoms with Gasteiger partial charge >= 0.3 is 0 Å². The molecule has 1 fully saturated rings. The van der Waals surface area contributed by atoms with E-state index in [0.29, 0.717) is 25.7 Å². The Kier molecular flexibility index (Phi) is 6.36. The first-order chi connectivity index (χ1) is 10.6. The lowest BCUT2D eigenvalue weighted by atomic mass is 10.1. The highest BCUT2D eigenvalue weighted by Gasteiger charge is 2.22. The molecule has 1 aromatic carbocycles. The zero-order valence-electron chi connectivity index (χ0n) is 13.8. The molecule has 0 bridgehead atoms. The highest BCUT2D eigenvalue weighted by Crippen LogP contribution is 2.08. The highest BCUT2D eigenvalue weighted by molar-refractivity contribution is 5.78. The second-order valence-electron chi connectivity index (χ2n) is 6.11. The molecule has 1 atom stereocenters. The van der Waals surface area contributed by atoms with E-state index in [4.69, 9.17) is 4.74 Å². The molecule has 1 heterocycles. The maximum absolute atomic E-state index is 12.1. The summed E-state index contributed by atoms with van der Waals surface area (Å²) in [6.07, 6.45) is 0. The van der Waals surface area contributed by atoms with Crippen molar-refractivity contribution in [1.82, 2.24) is 15.1 Å². The number of hydrogen-bond acceptors (Lipinski definition) is 4. The zero-order chi connectivity index (χ0) is 15.9. The van der Waals surface area contributed by atoms with Crippen molar-refractivity contribution in [3.05, 3.63) is 35.4 Å². The van der Waals surface area contributed by atoms with Gasteiger partial charge in [0.05, 0.1) is 13.2 Å². The molecule has 0 aliphatic carbocycles. The van der Waals surface area contributed by atoms with Gasteiger partial charge in [0.1, 0.15) is 0 Å². The van der Waals surface area contributed by atoms with E-state index in [-0.39, 0.29) is 5.91 Å². The lowest BCUT2D eigenvalue weighted by Gasteiger charge is -2.37. The van der Waals surface area contributed by atoms with Crippen molar-refractivity contribution < 1.29 is 9.53 Å². The van der Waals surface area contributed by atoms with Crippen LogP contribution >= 0.6 is 0 Å². The number of ether oxygens (including phenoxy) is 1. The van der Waals surface area contributed by atoms with Gasteiger partial charge in [-0.15, -0.1) is 0 Å². The first kappa shape index (κ1) is 16.9. The molecule has 1 aliphatic rings. The van der Waals surface area contributed by atoms with Crippen LogP contribution in [-0.4, -0.2) is 62.1 Å². The normalized spacial score (nSPS) is 20.0. The molecule has 5 nitrogen and oxygen atoms in total. The molecule has 1 aliphatic heterocycles. The number of amides is 1. The van der Waals surface area contributed by atoms with Crippen LogP contribution in [0.15, 0.2) is 24.3 Å². The van der Waals surface area contributed by atoms with Crippen molar-refractivity contribution in [2.45, 2.75) is 26.1 Å². The van der Waals surface area contributed by atoms with Crippen LogP contribution < -0.4 is 5.32 Å². The fourth-order valence-electron chi connectivity index (χ4n) is 2.77. The van der Waals surface area contributed by atoms with Crippen LogP contribution in [0.25, 0.3) is 0 Å². The van der Waals surface area contributed by atoms with Crippen LogP contribution in [0, 0.1) is 0 Å². The molecule has 1 unspecified atom stereocenters. The van der Waals surface area contributed by atoms with Crippen LogP contribution in [0.3, 0.4) is 0 Å². The van der Waals surface area contributed by atoms with Crippen molar-refractivity contribution in [1.29, 1.82) is 0 Å². The summed E-state index contributed by atoms with van der Waals surface area (Å²) in [4.78, 5) is 16.6. The van der Waals surface area contributed by atoms with Crippen LogP contribution in [0.4, 0.5) is 0 Å². The van der Waals surface area contributed by atoms with Crippen molar-refractivity contribution in [2.75, 3.05) is 40.3 Å². The van der Waals surface area contributed by atoms with E-state index in [9.17, 15) is 4.79 Å². The van der Waals surface area contributed by atoms with Gasteiger partial charge in [-0.3, -0.25) is 9.69 Å². The fraction of sp³-hybridized carbons (Fsp3) is 0.588. The molecule has 1 amide bonds. The van der Waals surface area contributed by atoms with Crippen LogP contribution in [-0.2, 0) is 22.7 Å². The Morgan fingerprint density at radius 2 is 1.95 bits per heavy atom.